The van der Waals surface area contributed by atoms with E-state index in [1.54, 1.807) is 5.57 Å². The van der Waals surface area contributed by atoms with E-state index < -0.39 is 0 Å². The molecular weight excluding hydrogens is 129 g/mol. The van der Waals surface area contributed by atoms with Gasteiger partial charge in [0.15, 0.2) is 0 Å². The first-order valence-corrected chi connectivity index (χ1v) is 4.70. The Hall–Kier alpha value is -0.325. The van der Waals surface area contributed by atoms with Crippen LogP contribution < -0.4 is 0 Å². The molecule has 0 bridgehead atoms. The Morgan fingerprint density at radius 1 is 1.73 bits per heavy atom. The van der Waals surface area contributed by atoms with Crippen molar-refractivity contribution in [3.05, 3.63) is 23.8 Å². The molecule has 56 valence electrons. The first-order chi connectivity index (χ1) is 5.34. The van der Waals surface area contributed by atoms with Gasteiger partial charge in [0.1, 0.15) is 0 Å². The SMILES string of the molecule is BBBCC(C)C1=CC=CC1. The molecule has 0 radical (unpaired) electrons. The second kappa shape index (κ2) is 4.53. The molecule has 1 unspecified atom stereocenters. The van der Waals surface area contributed by atoms with E-state index in [9.17, 15) is 0 Å². The molecule has 0 aromatic rings. The van der Waals surface area contributed by atoms with Crippen LogP contribution in [0.25, 0.3) is 0 Å². The van der Waals surface area contributed by atoms with E-state index in [-0.39, 0.29) is 0 Å². The lowest BCUT2D eigenvalue weighted by Crippen LogP contribution is -2.08. The van der Waals surface area contributed by atoms with Gasteiger partial charge < -0.3 is 0 Å². The molecule has 0 aromatic carbocycles. The summed E-state index contributed by atoms with van der Waals surface area (Å²) in [7, 11) is 4.96. The van der Waals surface area contributed by atoms with Crippen LogP contribution in [0.2, 0.25) is 6.32 Å². The van der Waals surface area contributed by atoms with Gasteiger partial charge in [0.05, 0.1) is 22.0 Å². The van der Waals surface area contributed by atoms with Gasteiger partial charge in [-0.2, -0.15) is 0 Å². The summed E-state index contributed by atoms with van der Waals surface area (Å²) in [5.74, 6) is 0.810. The third kappa shape index (κ3) is 2.65. The Bertz CT molecular complexity index is 172. The highest BCUT2D eigenvalue weighted by Gasteiger charge is 2.08. The van der Waals surface area contributed by atoms with Crippen LogP contribution in [0, 0.1) is 5.92 Å². The highest BCUT2D eigenvalue weighted by atomic mass is 14.1. The maximum absolute atomic E-state index is 2.34. The Labute approximate surface area is 72.0 Å². The Kier molecular flexibility index (Phi) is 3.61. The number of allylic oxidation sites excluding steroid dienone is 4. The summed E-state index contributed by atoms with van der Waals surface area (Å²) in [5.41, 5.74) is 1.62. The van der Waals surface area contributed by atoms with Crippen molar-refractivity contribution in [1.82, 2.24) is 0 Å². The molecular formula is C8H15B3. The van der Waals surface area contributed by atoms with E-state index in [0.717, 1.165) is 5.92 Å². The second-order valence-corrected chi connectivity index (χ2v) is 3.42. The van der Waals surface area contributed by atoms with Gasteiger partial charge in [-0.25, -0.2) is 0 Å². The molecule has 11 heavy (non-hydrogen) atoms. The summed E-state index contributed by atoms with van der Waals surface area (Å²) < 4.78 is 0. The van der Waals surface area contributed by atoms with Gasteiger partial charge in [-0.1, -0.05) is 37.0 Å². The smallest absolute Gasteiger partial charge is 0.0787 e. The van der Waals surface area contributed by atoms with Crippen molar-refractivity contribution in [3.8, 4) is 0 Å². The molecule has 0 fully saturated rings. The minimum atomic E-state index is 0.810. The Morgan fingerprint density at radius 3 is 3.09 bits per heavy atom. The van der Waals surface area contributed by atoms with Crippen LogP contribution in [0.5, 0.6) is 0 Å². The first kappa shape index (κ1) is 8.77. The molecule has 1 atom stereocenters. The predicted octanol–water partition coefficient (Wildman–Crippen LogP) is 0.263. The lowest BCUT2D eigenvalue weighted by Gasteiger charge is -2.10. The van der Waals surface area contributed by atoms with Crippen molar-refractivity contribution in [1.29, 1.82) is 0 Å². The summed E-state index contributed by atoms with van der Waals surface area (Å²) in [6.45, 7) is 2.34. The van der Waals surface area contributed by atoms with Crippen LogP contribution in [0.4, 0.5) is 0 Å². The van der Waals surface area contributed by atoms with E-state index in [1.807, 2.05) is 0 Å². The zero-order valence-corrected chi connectivity index (χ0v) is 7.64. The predicted molar refractivity (Wildman–Crippen MR) is 58.7 cm³/mol. The van der Waals surface area contributed by atoms with Gasteiger partial charge in [-0.15, -0.1) is 0 Å². The summed E-state index contributed by atoms with van der Waals surface area (Å²) >= 11 is 0. The summed E-state index contributed by atoms with van der Waals surface area (Å²) in [6.07, 6.45) is 9.27. The van der Waals surface area contributed by atoms with Crippen molar-refractivity contribution < 1.29 is 0 Å². The van der Waals surface area contributed by atoms with Crippen LogP contribution in [-0.4, -0.2) is 22.0 Å². The lowest BCUT2D eigenvalue weighted by molar-refractivity contribution is 0.750. The molecule has 1 aliphatic rings. The minimum Gasteiger partial charge on any atom is -0.0805 e. The molecule has 1 rings (SSSR count). The van der Waals surface area contributed by atoms with E-state index in [1.165, 1.54) is 27.0 Å². The summed E-state index contributed by atoms with van der Waals surface area (Å²) in [6, 6.07) is 0. The monoisotopic (exact) mass is 144 g/mol. The van der Waals surface area contributed by atoms with Crippen molar-refractivity contribution in [2.45, 2.75) is 19.7 Å². The van der Waals surface area contributed by atoms with Crippen LogP contribution in [0.3, 0.4) is 0 Å². The van der Waals surface area contributed by atoms with Crippen LogP contribution in [0.1, 0.15) is 13.3 Å². The first-order valence-electron chi connectivity index (χ1n) is 4.70. The highest BCUT2D eigenvalue weighted by Crippen LogP contribution is 2.22. The van der Waals surface area contributed by atoms with Crippen LogP contribution in [0.15, 0.2) is 23.8 Å². The average molecular weight is 144 g/mol. The zero-order valence-electron chi connectivity index (χ0n) is 7.64. The molecule has 0 saturated heterocycles. The molecule has 0 spiro atoms. The quantitative estimate of drug-likeness (QED) is 0.496. The molecule has 0 amide bonds. The van der Waals surface area contributed by atoms with Gasteiger partial charge in [0, 0.05) is 0 Å². The molecule has 0 heterocycles. The van der Waals surface area contributed by atoms with Crippen molar-refractivity contribution in [2.24, 2.45) is 5.92 Å². The lowest BCUT2D eigenvalue weighted by atomic mass is 9.26. The third-order valence-corrected chi connectivity index (χ3v) is 2.42. The second-order valence-electron chi connectivity index (χ2n) is 3.42. The van der Waals surface area contributed by atoms with Crippen molar-refractivity contribution in [3.63, 3.8) is 0 Å². The zero-order chi connectivity index (χ0) is 8.10. The highest BCUT2D eigenvalue weighted by molar-refractivity contribution is 7.23. The summed E-state index contributed by atoms with van der Waals surface area (Å²) in [5, 5.41) is 0. The average Bonchev–Trinajstić information content (AvgIpc) is 2.52. The molecule has 3 heteroatoms. The van der Waals surface area contributed by atoms with Gasteiger partial charge in [0.2, 0.25) is 0 Å². The van der Waals surface area contributed by atoms with E-state index in [0.29, 0.717) is 0 Å². The standard InChI is InChI=1S/C8H15B3/c1-7(6-10-11-9)8-4-2-3-5-8/h2-4,7,10-11H,5-6,9H2,1H3. The summed E-state index contributed by atoms with van der Waals surface area (Å²) in [4.78, 5) is 0. The fourth-order valence-electron chi connectivity index (χ4n) is 1.52. The molecule has 0 nitrogen and oxygen atoms in total. The molecule has 0 aliphatic heterocycles. The van der Waals surface area contributed by atoms with E-state index in [2.05, 4.69) is 32.9 Å². The largest absolute Gasteiger partial charge is 0.0805 e. The van der Waals surface area contributed by atoms with E-state index >= 15 is 0 Å². The Balaban J connectivity index is 2.24. The van der Waals surface area contributed by atoms with E-state index in [4.69, 9.17) is 0 Å². The maximum Gasteiger partial charge on any atom is 0.0787 e. The molecule has 0 N–H and O–H groups in total. The number of hydrogen-bond acceptors (Lipinski definition) is 0. The maximum atomic E-state index is 2.34. The van der Waals surface area contributed by atoms with Gasteiger partial charge in [0.25, 0.3) is 0 Å². The van der Waals surface area contributed by atoms with Gasteiger partial charge in [-0.05, 0) is 12.3 Å². The topological polar surface area (TPSA) is 0 Å². The number of rotatable bonds is 4. The normalized spacial score (nSPS) is 17.7. The molecule has 0 saturated carbocycles. The Morgan fingerprint density at radius 2 is 2.55 bits per heavy atom. The number of hydrogen-bond donors (Lipinski definition) is 0. The van der Waals surface area contributed by atoms with Crippen LogP contribution in [-0.2, 0) is 0 Å². The minimum absolute atomic E-state index is 0.810. The van der Waals surface area contributed by atoms with Gasteiger partial charge in [-0.3, -0.25) is 0 Å². The van der Waals surface area contributed by atoms with Gasteiger partial charge >= 0.3 is 0 Å². The fraction of sp³-hybridized carbons (Fsp3) is 0.500. The van der Waals surface area contributed by atoms with Crippen molar-refractivity contribution in [2.75, 3.05) is 0 Å². The van der Waals surface area contributed by atoms with Crippen LogP contribution >= 0.6 is 0 Å². The molecule has 0 aromatic heterocycles. The molecule has 1 aliphatic carbocycles. The fourth-order valence-corrected chi connectivity index (χ4v) is 1.52. The third-order valence-electron chi connectivity index (χ3n) is 2.42. The van der Waals surface area contributed by atoms with Crippen molar-refractivity contribution >= 4 is 22.0 Å².